The van der Waals surface area contributed by atoms with Gasteiger partial charge in [-0.1, -0.05) is 0 Å². The molecule has 0 amide bonds. The molecule has 1 N–H and O–H groups in total. The highest BCUT2D eigenvalue weighted by Crippen LogP contribution is 2.23. The number of pyridine rings is 1. The summed E-state index contributed by atoms with van der Waals surface area (Å²) >= 11 is 0. The highest BCUT2D eigenvalue weighted by atomic mass is 16.3. The minimum atomic E-state index is 0.711. The molecular formula is C14H16N4O. The number of nitrogens with zero attached hydrogens (tertiary/aromatic N) is 3. The van der Waals surface area contributed by atoms with Gasteiger partial charge in [-0.3, -0.25) is 4.68 Å². The van der Waals surface area contributed by atoms with Crippen molar-refractivity contribution in [2.24, 2.45) is 7.05 Å². The standard InChI is InChI=1S/C14H16N4O/c1-9-12(10(2)18(3)17-9)8-16-14-11-5-7-19-13(11)4-6-15-14/h4-7H,8H2,1-3H3,(H,15,16). The number of hydrogen-bond donors (Lipinski definition) is 1. The monoisotopic (exact) mass is 256 g/mol. The number of furan rings is 1. The van der Waals surface area contributed by atoms with Crippen molar-refractivity contribution < 1.29 is 4.42 Å². The van der Waals surface area contributed by atoms with Crippen LogP contribution in [0.3, 0.4) is 0 Å². The van der Waals surface area contributed by atoms with Gasteiger partial charge in [0.2, 0.25) is 0 Å². The maximum absolute atomic E-state index is 5.37. The van der Waals surface area contributed by atoms with Crippen LogP contribution in [-0.2, 0) is 13.6 Å². The van der Waals surface area contributed by atoms with Crippen LogP contribution in [0.1, 0.15) is 17.0 Å². The number of aryl methyl sites for hydroxylation is 2. The van der Waals surface area contributed by atoms with E-state index >= 15 is 0 Å². The molecule has 0 bridgehead atoms. The predicted octanol–water partition coefficient (Wildman–Crippen LogP) is 2.79. The third-order valence-corrected chi connectivity index (χ3v) is 3.47. The summed E-state index contributed by atoms with van der Waals surface area (Å²) in [6.07, 6.45) is 3.43. The first kappa shape index (κ1) is 11.8. The van der Waals surface area contributed by atoms with Gasteiger partial charge in [0.15, 0.2) is 0 Å². The van der Waals surface area contributed by atoms with Crippen molar-refractivity contribution in [3.63, 3.8) is 0 Å². The molecule has 0 saturated heterocycles. The Labute approximate surface area is 111 Å². The zero-order valence-electron chi connectivity index (χ0n) is 11.3. The van der Waals surface area contributed by atoms with Crippen molar-refractivity contribution in [1.82, 2.24) is 14.8 Å². The first-order chi connectivity index (χ1) is 9.16. The van der Waals surface area contributed by atoms with Crippen molar-refractivity contribution in [2.75, 3.05) is 5.32 Å². The fourth-order valence-electron chi connectivity index (χ4n) is 2.28. The maximum atomic E-state index is 5.37. The van der Waals surface area contributed by atoms with Crippen LogP contribution in [-0.4, -0.2) is 14.8 Å². The van der Waals surface area contributed by atoms with E-state index in [0.717, 1.165) is 22.5 Å². The molecule has 0 aliphatic rings. The smallest absolute Gasteiger partial charge is 0.139 e. The summed E-state index contributed by atoms with van der Waals surface area (Å²) in [6.45, 7) is 4.81. The Morgan fingerprint density at radius 3 is 2.89 bits per heavy atom. The molecule has 0 fully saturated rings. The van der Waals surface area contributed by atoms with Crippen molar-refractivity contribution in [2.45, 2.75) is 20.4 Å². The molecule has 0 saturated carbocycles. The van der Waals surface area contributed by atoms with Crippen molar-refractivity contribution in [3.8, 4) is 0 Å². The molecule has 0 aromatic carbocycles. The maximum Gasteiger partial charge on any atom is 0.139 e. The average molecular weight is 256 g/mol. The van der Waals surface area contributed by atoms with E-state index in [1.807, 2.05) is 30.8 Å². The van der Waals surface area contributed by atoms with Crippen LogP contribution >= 0.6 is 0 Å². The van der Waals surface area contributed by atoms with Gasteiger partial charge >= 0.3 is 0 Å². The van der Waals surface area contributed by atoms with Gasteiger partial charge in [-0.15, -0.1) is 0 Å². The molecule has 0 radical (unpaired) electrons. The van der Waals surface area contributed by atoms with Gasteiger partial charge in [-0.25, -0.2) is 4.98 Å². The predicted molar refractivity (Wildman–Crippen MR) is 74.0 cm³/mol. The minimum absolute atomic E-state index is 0.711. The molecule has 0 aliphatic heterocycles. The Kier molecular flexibility index (Phi) is 2.74. The third-order valence-electron chi connectivity index (χ3n) is 3.47. The van der Waals surface area contributed by atoms with Gasteiger partial charge in [-0.2, -0.15) is 5.10 Å². The first-order valence-corrected chi connectivity index (χ1v) is 6.22. The first-order valence-electron chi connectivity index (χ1n) is 6.22. The van der Waals surface area contributed by atoms with Gasteiger partial charge in [0.1, 0.15) is 11.4 Å². The number of fused-ring (bicyclic) bond motifs is 1. The van der Waals surface area contributed by atoms with Crippen LogP contribution in [0.25, 0.3) is 11.0 Å². The second-order valence-electron chi connectivity index (χ2n) is 4.62. The van der Waals surface area contributed by atoms with E-state index in [4.69, 9.17) is 4.42 Å². The second kappa shape index (κ2) is 4.42. The Hall–Kier alpha value is -2.30. The lowest BCUT2D eigenvalue weighted by atomic mass is 10.2. The van der Waals surface area contributed by atoms with Gasteiger partial charge in [0.25, 0.3) is 0 Å². The topological polar surface area (TPSA) is 55.9 Å². The number of rotatable bonds is 3. The van der Waals surface area contributed by atoms with Crippen LogP contribution in [0.15, 0.2) is 29.0 Å². The zero-order chi connectivity index (χ0) is 13.4. The molecule has 0 atom stereocenters. The molecule has 19 heavy (non-hydrogen) atoms. The van der Waals surface area contributed by atoms with E-state index in [-0.39, 0.29) is 0 Å². The normalized spacial score (nSPS) is 11.1. The lowest BCUT2D eigenvalue weighted by Gasteiger charge is -2.06. The van der Waals surface area contributed by atoms with E-state index in [1.165, 1.54) is 11.3 Å². The molecule has 0 aliphatic carbocycles. The molecule has 3 aromatic rings. The van der Waals surface area contributed by atoms with Crippen molar-refractivity contribution in [1.29, 1.82) is 0 Å². The second-order valence-corrected chi connectivity index (χ2v) is 4.62. The SMILES string of the molecule is Cc1nn(C)c(C)c1CNc1nccc2occc12. The van der Waals surface area contributed by atoms with E-state index in [2.05, 4.69) is 22.3 Å². The minimum Gasteiger partial charge on any atom is -0.464 e. The molecule has 3 rings (SSSR count). The van der Waals surface area contributed by atoms with E-state index in [1.54, 1.807) is 12.5 Å². The van der Waals surface area contributed by atoms with Gasteiger partial charge in [0, 0.05) is 31.0 Å². The summed E-state index contributed by atoms with van der Waals surface area (Å²) in [6, 6.07) is 3.79. The van der Waals surface area contributed by atoms with Crippen LogP contribution < -0.4 is 5.32 Å². The summed E-state index contributed by atoms with van der Waals surface area (Å²) in [5, 5.41) is 8.78. The van der Waals surface area contributed by atoms with Crippen LogP contribution in [0.2, 0.25) is 0 Å². The number of anilines is 1. The van der Waals surface area contributed by atoms with Crippen molar-refractivity contribution >= 4 is 16.8 Å². The molecule has 5 heteroatoms. The Morgan fingerprint density at radius 1 is 1.32 bits per heavy atom. The highest BCUT2D eigenvalue weighted by molar-refractivity contribution is 5.87. The van der Waals surface area contributed by atoms with Crippen LogP contribution in [0.5, 0.6) is 0 Å². The van der Waals surface area contributed by atoms with Crippen LogP contribution in [0.4, 0.5) is 5.82 Å². The Balaban J connectivity index is 1.88. The summed E-state index contributed by atoms with van der Waals surface area (Å²) in [5.74, 6) is 0.842. The van der Waals surface area contributed by atoms with Gasteiger partial charge in [-0.05, 0) is 26.0 Å². The summed E-state index contributed by atoms with van der Waals surface area (Å²) in [7, 11) is 1.96. The molecular weight excluding hydrogens is 240 g/mol. The number of hydrogen-bond acceptors (Lipinski definition) is 4. The molecule has 5 nitrogen and oxygen atoms in total. The lowest BCUT2D eigenvalue weighted by Crippen LogP contribution is -2.03. The molecule has 3 heterocycles. The van der Waals surface area contributed by atoms with Crippen LogP contribution in [0, 0.1) is 13.8 Å². The van der Waals surface area contributed by atoms with Gasteiger partial charge < -0.3 is 9.73 Å². The zero-order valence-corrected chi connectivity index (χ0v) is 11.3. The lowest BCUT2D eigenvalue weighted by molar-refractivity contribution is 0.615. The fraction of sp³-hybridized carbons (Fsp3) is 0.286. The summed E-state index contributed by atoms with van der Waals surface area (Å²) in [5.41, 5.74) is 4.28. The average Bonchev–Trinajstić information content (AvgIpc) is 2.95. The molecule has 0 spiro atoms. The number of nitrogens with one attached hydrogen (secondary N) is 1. The van der Waals surface area contributed by atoms with E-state index in [0.29, 0.717) is 6.54 Å². The Bertz CT molecular complexity index is 726. The largest absolute Gasteiger partial charge is 0.464 e. The van der Waals surface area contributed by atoms with E-state index in [9.17, 15) is 0 Å². The molecule has 3 aromatic heterocycles. The molecule has 0 unspecified atom stereocenters. The quantitative estimate of drug-likeness (QED) is 0.783. The molecule has 98 valence electrons. The number of aromatic nitrogens is 3. The van der Waals surface area contributed by atoms with E-state index < -0.39 is 0 Å². The Morgan fingerprint density at radius 2 is 2.16 bits per heavy atom. The third kappa shape index (κ3) is 1.97. The summed E-state index contributed by atoms with van der Waals surface area (Å²) < 4.78 is 7.27. The fourth-order valence-corrected chi connectivity index (χ4v) is 2.28. The summed E-state index contributed by atoms with van der Waals surface area (Å²) in [4.78, 5) is 4.36. The van der Waals surface area contributed by atoms with Gasteiger partial charge in [0.05, 0.1) is 17.3 Å². The highest BCUT2D eigenvalue weighted by Gasteiger charge is 2.10. The van der Waals surface area contributed by atoms with Crippen molar-refractivity contribution in [3.05, 3.63) is 41.5 Å².